The van der Waals surface area contributed by atoms with Crippen LogP contribution in [0.4, 0.5) is 13.2 Å². The van der Waals surface area contributed by atoms with Crippen molar-refractivity contribution >= 4 is 5.91 Å². The summed E-state index contributed by atoms with van der Waals surface area (Å²) < 4.78 is 37.2. The fourth-order valence-corrected chi connectivity index (χ4v) is 1.55. The number of rotatable bonds is 6. The molecule has 0 radical (unpaired) electrons. The normalized spacial score (nSPS) is 12.6. The summed E-state index contributed by atoms with van der Waals surface area (Å²) in [5.74, 6) is -0.195. The number of amides is 1. The van der Waals surface area contributed by atoms with E-state index in [2.05, 4.69) is 0 Å². The van der Waals surface area contributed by atoms with Crippen molar-refractivity contribution in [3.05, 3.63) is 0 Å². The lowest BCUT2D eigenvalue weighted by atomic mass is 10.2. The highest BCUT2D eigenvalue weighted by Crippen LogP contribution is 2.17. The van der Waals surface area contributed by atoms with Gasteiger partial charge in [-0.05, 0) is 19.8 Å². The zero-order chi connectivity index (χ0) is 14.5. The van der Waals surface area contributed by atoms with Crippen LogP contribution < -0.4 is 0 Å². The molecule has 0 saturated carbocycles. The van der Waals surface area contributed by atoms with Crippen molar-refractivity contribution < 1.29 is 18.0 Å². The molecule has 3 nitrogen and oxygen atoms in total. The number of nitrogens with zero attached hydrogens (tertiary/aromatic N) is 2. The molecule has 6 heteroatoms. The highest BCUT2D eigenvalue weighted by molar-refractivity contribution is 5.78. The van der Waals surface area contributed by atoms with Crippen LogP contribution in [0.25, 0.3) is 0 Å². The summed E-state index contributed by atoms with van der Waals surface area (Å²) in [4.78, 5) is 14.4. The first-order valence-corrected chi connectivity index (χ1v) is 6.07. The van der Waals surface area contributed by atoms with E-state index in [1.165, 1.54) is 4.90 Å². The maximum Gasteiger partial charge on any atom is 0.401 e. The summed E-state index contributed by atoms with van der Waals surface area (Å²) in [6, 6.07) is -0.00992. The molecule has 0 unspecified atom stereocenters. The van der Waals surface area contributed by atoms with Crippen LogP contribution in [0.3, 0.4) is 0 Å². The van der Waals surface area contributed by atoms with E-state index in [4.69, 9.17) is 0 Å². The highest BCUT2D eigenvalue weighted by atomic mass is 19.4. The molecule has 0 rings (SSSR count). The van der Waals surface area contributed by atoms with Gasteiger partial charge in [-0.2, -0.15) is 13.2 Å². The Kier molecular flexibility index (Phi) is 6.67. The van der Waals surface area contributed by atoms with Crippen molar-refractivity contribution in [3.63, 3.8) is 0 Å². The average molecular weight is 268 g/mol. The summed E-state index contributed by atoms with van der Waals surface area (Å²) in [7, 11) is 1.61. The molecule has 0 spiro atoms. The molecule has 108 valence electrons. The quantitative estimate of drug-likeness (QED) is 0.738. The second-order valence-electron chi connectivity index (χ2n) is 5.28. The summed E-state index contributed by atoms with van der Waals surface area (Å²) in [5, 5.41) is 0. The number of hydrogen-bond acceptors (Lipinski definition) is 2. The first kappa shape index (κ1) is 17.2. The number of alkyl halides is 3. The lowest BCUT2D eigenvalue weighted by molar-refractivity contribution is -0.152. The van der Waals surface area contributed by atoms with Crippen LogP contribution in [0.1, 0.15) is 27.7 Å². The Morgan fingerprint density at radius 1 is 1.17 bits per heavy atom. The minimum atomic E-state index is -4.27. The van der Waals surface area contributed by atoms with Crippen LogP contribution in [0.15, 0.2) is 0 Å². The number of halogens is 3. The summed E-state index contributed by atoms with van der Waals surface area (Å²) in [6.45, 7) is 6.36. The summed E-state index contributed by atoms with van der Waals surface area (Å²) in [6.07, 6.45) is -4.27. The lowest BCUT2D eigenvalue weighted by Gasteiger charge is -2.28. The predicted octanol–water partition coefficient (Wildman–Crippen LogP) is 2.37. The van der Waals surface area contributed by atoms with E-state index < -0.39 is 12.7 Å². The van der Waals surface area contributed by atoms with Crippen LogP contribution in [0.5, 0.6) is 0 Å². The topological polar surface area (TPSA) is 23.6 Å². The maximum atomic E-state index is 12.4. The lowest BCUT2D eigenvalue weighted by Crippen LogP contribution is -2.45. The zero-order valence-corrected chi connectivity index (χ0v) is 11.7. The molecular weight excluding hydrogens is 245 g/mol. The third-order valence-corrected chi connectivity index (χ3v) is 2.55. The minimum absolute atomic E-state index is 0.00992. The van der Waals surface area contributed by atoms with Crippen molar-refractivity contribution in [1.29, 1.82) is 0 Å². The molecule has 0 bridgehead atoms. The Labute approximate surface area is 107 Å². The predicted molar refractivity (Wildman–Crippen MR) is 65.2 cm³/mol. The number of carbonyl (C=O) groups excluding carboxylic acids is 1. The van der Waals surface area contributed by atoms with Gasteiger partial charge >= 0.3 is 6.18 Å². The molecule has 0 fully saturated rings. The van der Waals surface area contributed by atoms with Gasteiger partial charge in [0.25, 0.3) is 0 Å². The first-order valence-electron chi connectivity index (χ1n) is 6.07. The maximum absolute atomic E-state index is 12.4. The van der Waals surface area contributed by atoms with Gasteiger partial charge in [-0.1, -0.05) is 13.8 Å². The SMILES string of the molecule is CC(C)CN(CC(=O)N(C)C(C)C)CC(F)(F)F. The minimum Gasteiger partial charge on any atom is -0.342 e. The molecular formula is C12H23F3N2O. The molecule has 18 heavy (non-hydrogen) atoms. The van der Waals surface area contributed by atoms with Crippen LogP contribution >= 0.6 is 0 Å². The number of likely N-dealkylation sites (N-methyl/N-ethyl adjacent to an activating group) is 1. The molecule has 0 aliphatic rings. The van der Waals surface area contributed by atoms with Gasteiger partial charge in [-0.25, -0.2) is 0 Å². The van der Waals surface area contributed by atoms with Crippen LogP contribution in [0, 0.1) is 5.92 Å². The Morgan fingerprint density at radius 2 is 1.67 bits per heavy atom. The van der Waals surface area contributed by atoms with E-state index in [-0.39, 0.29) is 31.0 Å². The smallest absolute Gasteiger partial charge is 0.342 e. The molecule has 0 heterocycles. The van der Waals surface area contributed by atoms with E-state index in [0.29, 0.717) is 0 Å². The monoisotopic (exact) mass is 268 g/mol. The molecule has 0 saturated heterocycles. The van der Waals surface area contributed by atoms with Crippen LogP contribution in [0.2, 0.25) is 0 Å². The summed E-state index contributed by atoms with van der Waals surface area (Å²) >= 11 is 0. The third-order valence-electron chi connectivity index (χ3n) is 2.55. The fourth-order valence-electron chi connectivity index (χ4n) is 1.55. The zero-order valence-electron chi connectivity index (χ0n) is 11.7. The van der Waals surface area contributed by atoms with E-state index in [1.54, 1.807) is 7.05 Å². The van der Waals surface area contributed by atoms with E-state index in [1.807, 2.05) is 27.7 Å². The van der Waals surface area contributed by atoms with Gasteiger partial charge in [-0.15, -0.1) is 0 Å². The average Bonchev–Trinajstić information content (AvgIpc) is 2.11. The van der Waals surface area contributed by atoms with Gasteiger partial charge in [-0.3, -0.25) is 9.69 Å². The molecule has 1 amide bonds. The van der Waals surface area contributed by atoms with Crippen LogP contribution in [-0.4, -0.2) is 54.6 Å². The first-order chi connectivity index (χ1) is 8.03. The van der Waals surface area contributed by atoms with Crippen molar-refractivity contribution in [2.45, 2.75) is 39.9 Å². The van der Waals surface area contributed by atoms with Gasteiger partial charge in [0.05, 0.1) is 13.1 Å². The van der Waals surface area contributed by atoms with Gasteiger partial charge < -0.3 is 4.90 Å². The molecule has 0 aromatic carbocycles. The molecule has 0 aliphatic heterocycles. The standard InChI is InChI=1S/C12H23F3N2O/c1-9(2)6-17(8-12(13,14)15)7-11(18)16(5)10(3)4/h9-10H,6-8H2,1-5H3. The summed E-state index contributed by atoms with van der Waals surface area (Å²) in [5.41, 5.74) is 0. The van der Waals surface area contributed by atoms with Crippen molar-refractivity contribution in [1.82, 2.24) is 9.80 Å². The Morgan fingerprint density at radius 3 is 2.00 bits per heavy atom. The largest absolute Gasteiger partial charge is 0.401 e. The molecule has 0 aromatic rings. The van der Waals surface area contributed by atoms with Gasteiger partial charge in [0.2, 0.25) is 5.91 Å². The fraction of sp³-hybridized carbons (Fsp3) is 0.917. The second kappa shape index (κ2) is 6.97. The van der Waals surface area contributed by atoms with Crippen molar-refractivity contribution in [2.75, 3.05) is 26.7 Å². The second-order valence-corrected chi connectivity index (χ2v) is 5.28. The van der Waals surface area contributed by atoms with E-state index in [0.717, 1.165) is 4.90 Å². The number of hydrogen-bond donors (Lipinski definition) is 0. The molecule has 0 N–H and O–H groups in total. The Balaban J connectivity index is 4.54. The Hall–Kier alpha value is -0.780. The number of carbonyl (C=O) groups is 1. The van der Waals surface area contributed by atoms with E-state index >= 15 is 0 Å². The van der Waals surface area contributed by atoms with Crippen molar-refractivity contribution in [2.24, 2.45) is 5.92 Å². The molecule has 0 aliphatic carbocycles. The van der Waals surface area contributed by atoms with Gasteiger partial charge in [0.1, 0.15) is 0 Å². The van der Waals surface area contributed by atoms with Crippen molar-refractivity contribution in [3.8, 4) is 0 Å². The third kappa shape index (κ3) is 7.53. The highest BCUT2D eigenvalue weighted by Gasteiger charge is 2.32. The van der Waals surface area contributed by atoms with Gasteiger partial charge in [0, 0.05) is 19.6 Å². The molecule has 0 aromatic heterocycles. The Bertz CT molecular complexity index is 265. The van der Waals surface area contributed by atoms with Crippen LogP contribution in [-0.2, 0) is 4.79 Å². The molecule has 0 atom stereocenters. The van der Waals surface area contributed by atoms with Gasteiger partial charge in [0.15, 0.2) is 0 Å². The van der Waals surface area contributed by atoms with E-state index in [9.17, 15) is 18.0 Å².